The van der Waals surface area contributed by atoms with Gasteiger partial charge in [0.05, 0.1) is 10.6 Å². The predicted octanol–water partition coefficient (Wildman–Crippen LogP) is 4.89. The molecule has 3 rings (SSSR count). The lowest BCUT2D eigenvalue weighted by molar-refractivity contribution is -0.385. The van der Waals surface area contributed by atoms with Crippen LogP contribution in [0.25, 0.3) is 0 Å². The van der Waals surface area contributed by atoms with Crippen LogP contribution in [0.4, 0.5) is 17.2 Å². The van der Waals surface area contributed by atoms with Crippen LogP contribution < -0.4 is 15.6 Å². The van der Waals surface area contributed by atoms with Gasteiger partial charge in [0, 0.05) is 5.02 Å². The second-order valence-electron chi connectivity index (χ2n) is 5.72. The van der Waals surface area contributed by atoms with Gasteiger partial charge in [-0.15, -0.1) is 0 Å². The number of ether oxygens (including phenoxy) is 1. The Hall–Kier alpha value is -3.39. The first-order chi connectivity index (χ1) is 13.0. The second kappa shape index (κ2) is 7.88. The summed E-state index contributed by atoms with van der Waals surface area (Å²) in [5.41, 5.74) is 7.51. The van der Waals surface area contributed by atoms with Crippen molar-refractivity contribution in [3.8, 4) is 11.6 Å². The fourth-order valence-electron chi connectivity index (χ4n) is 2.42. The first-order valence-corrected chi connectivity index (χ1v) is 8.34. The number of nitro groups is 1. The molecule has 9 heteroatoms. The summed E-state index contributed by atoms with van der Waals surface area (Å²) in [6, 6.07) is 12.5. The van der Waals surface area contributed by atoms with E-state index in [0.717, 1.165) is 16.8 Å². The Labute approximate surface area is 160 Å². The average molecular weight is 386 g/mol. The third-order valence-corrected chi connectivity index (χ3v) is 4.29. The minimum atomic E-state index is -0.597. The van der Waals surface area contributed by atoms with E-state index in [2.05, 4.69) is 20.8 Å². The van der Waals surface area contributed by atoms with E-state index < -0.39 is 4.92 Å². The molecule has 2 N–H and O–H groups in total. The number of hydrogen-bond acceptors (Lipinski definition) is 7. The van der Waals surface area contributed by atoms with Crippen LogP contribution in [0, 0.1) is 24.0 Å². The van der Waals surface area contributed by atoms with Gasteiger partial charge >= 0.3 is 11.6 Å². The monoisotopic (exact) mass is 385 g/mol. The van der Waals surface area contributed by atoms with Crippen LogP contribution in [0.5, 0.6) is 11.6 Å². The molecule has 0 aliphatic rings. The number of benzene rings is 2. The molecule has 27 heavy (non-hydrogen) atoms. The highest BCUT2D eigenvalue weighted by Crippen LogP contribution is 2.35. The van der Waals surface area contributed by atoms with Crippen molar-refractivity contribution in [1.82, 2.24) is 9.97 Å². The van der Waals surface area contributed by atoms with Crippen molar-refractivity contribution < 1.29 is 9.66 Å². The zero-order valence-electron chi connectivity index (χ0n) is 14.6. The molecule has 138 valence electrons. The van der Waals surface area contributed by atoms with Gasteiger partial charge < -0.3 is 4.74 Å². The molecule has 0 radical (unpaired) electrons. The third kappa shape index (κ3) is 4.24. The van der Waals surface area contributed by atoms with E-state index in [4.69, 9.17) is 16.3 Å². The number of nitrogens with one attached hydrogen (secondary N) is 2. The van der Waals surface area contributed by atoms with Gasteiger partial charge in [0.1, 0.15) is 12.1 Å². The van der Waals surface area contributed by atoms with Crippen molar-refractivity contribution in [2.45, 2.75) is 13.8 Å². The van der Waals surface area contributed by atoms with Gasteiger partial charge in [-0.25, -0.2) is 4.98 Å². The molecule has 0 atom stereocenters. The van der Waals surface area contributed by atoms with Crippen molar-refractivity contribution in [3.63, 3.8) is 0 Å². The number of para-hydroxylation sites is 1. The van der Waals surface area contributed by atoms with Crippen LogP contribution in [0.15, 0.2) is 48.8 Å². The van der Waals surface area contributed by atoms with Crippen LogP contribution in [0.3, 0.4) is 0 Å². The minimum Gasteiger partial charge on any atom is -0.434 e. The highest BCUT2D eigenvalue weighted by Gasteiger charge is 2.25. The maximum absolute atomic E-state index is 11.6. The Morgan fingerprint density at radius 2 is 1.74 bits per heavy atom. The lowest BCUT2D eigenvalue weighted by Gasteiger charge is -2.12. The fraction of sp³-hybridized carbons (Fsp3) is 0.111. The summed E-state index contributed by atoms with van der Waals surface area (Å²) >= 11 is 6.15. The van der Waals surface area contributed by atoms with Gasteiger partial charge in [-0.2, -0.15) is 4.98 Å². The molecular formula is C18H16ClN5O3. The lowest BCUT2D eigenvalue weighted by Crippen LogP contribution is -2.12. The molecule has 0 saturated heterocycles. The van der Waals surface area contributed by atoms with Gasteiger partial charge in [0.2, 0.25) is 5.82 Å². The number of hydrazine groups is 1. The summed E-state index contributed by atoms with van der Waals surface area (Å²) in [7, 11) is 0. The summed E-state index contributed by atoms with van der Waals surface area (Å²) in [5, 5.41) is 12.2. The Bertz CT molecular complexity index is 959. The maximum Gasteiger partial charge on any atom is 0.374 e. The molecule has 8 nitrogen and oxygen atoms in total. The molecule has 0 amide bonds. The topological polar surface area (TPSA) is 102 Å². The number of aromatic nitrogens is 2. The van der Waals surface area contributed by atoms with Crippen molar-refractivity contribution in [3.05, 3.63) is 75.1 Å². The third-order valence-electron chi connectivity index (χ3n) is 3.69. The van der Waals surface area contributed by atoms with Gasteiger partial charge in [0.15, 0.2) is 0 Å². The van der Waals surface area contributed by atoms with Crippen LogP contribution >= 0.6 is 11.6 Å². The normalized spacial score (nSPS) is 10.3. The molecule has 0 bridgehead atoms. The Kier molecular flexibility index (Phi) is 5.37. The largest absolute Gasteiger partial charge is 0.434 e. The Morgan fingerprint density at radius 1 is 1.07 bits per heavy atom. The van der Waals surface area contributed by atoms with E-state index in [1.165, 1.54) is 6.33 Å². The van der Waals surface area contributed by atoms with Gasteiger partial charge in [0.25, 0.3) is 0 Å². The maximum atomic E-state index is 11.6. The molecular weight excluding hydrogens is 370 g/mol. The summed E-state index contributed by atoms with van der Waals surface area (Å²) in [5.74, 6) is 0.211. The summed E-state index contributed by atoms with van der Waals surface area (Å²) in [4.78, 5) is 18.8. The number of rotatable bonds is 6. The van der Waals surface area contributed by atoms with Gasteiger partial charge in [-0.3, -0.25) is 21.0 Å². The zero-order valence-corrected chi connectivity index (χ0v) is 15.3. The predicted molar refractivity (Wildman–Crippen MR) is 103 cm³/mol. The molecule has 0 unspecified atom stereocenters. The number of hydrogen-bond donors (Lipinski definition) is 2. The standard InChI is InChI=1S/C18H16ClN5O3/c1-11-8-14(9-12(2)15(11)19)27-18-16(24(25)26)17(20-10-21-18)23-22-13-6-4-3-5-7-13/h3-10,22H,1-2H3,(H,20,21,23). The summed E-state index contributed by atoms with van der Waals surface area (Å²) in [6.07, 6.45) is 1.19. The highest BCUT2D eigenvalue weighted by atomic mass is 35.5. The Morgan fingerprint density at radius 3 is 2.37 bits per heavy atom. The fourth-order valence-corrected chi connectivity index (χ4v) is 2.53. The second-order valence-corrected chi connectivity index (χ2v) is 6.10. The molecule has 0 aliphatic carbocycles. The first-order valence-electron chi connectivity index (χ1n) is 7.96. The molecule has 3 aromatic rings. The SMILES string of the molecule is Cc1cc(Oc2ncnc(NNc3ccccc3)c2[N+](=O)[O-])cc(C)c1Cl. The van der Waals surface area contributed by atoms with Gasteiger partial charge in [-0.05, 0) is 49.2 Å². The van der Waals surface area contributed by atoms with Gasteiger partial charge in [-0.1, -0.05) is 29.8 Å². The number of nitrogens with zero attached hydrogens (tertiary/aromatic N) is 3. The minimum absolute atomic E-state index is 0.0174. The molecule has 2 aromatic carbocycles. The summed E-state index contributed by atoms with van der Waals surface area (Å²) < 4.78 is 5.66. The smallest absolute Gasteiger partial charge is 0.374 e. The quantitative estimate of drug-likeness (QED) is 0.460. The number of aryl methyl sites for hydroxylation is 2. The van der Waals surface area contributed by atoms with Crippen LogP contribution in [0.1, 0.15) is 11.1 Å². The van der Waals surface area contributed by atoms with E-state index in [-0.39, 0.29) is 17.4 Å². The van der Waals surface area contributed by atoms with E-state index in [1.54, 1.807) is 24.3 Å². The molecule has 1 heterocycles. The van der Waals surface area contributed by atoms with E-state index in [0.29, 0.717) is 10.8 Å². The summed E-state index contributed by atoms with van der Waals surface area (Å²) in [6.45, 7) is 3.65. The number of anilines is 2. The lowest BCUT2D eigenvalue weighted by atomic mass is 10.1. The molecule has 0 aliphatic heterocycles. The van der Waals surface area contributed by atoms with Crippen molar-refractivity contribution >= 4 is 28.8 Å². The molecule has 0 fully saturated rings. The van der Waals surface area contributed by atoms with Crippen LogP contribution in [-0.4, -0.2) is 14.9 Å². The van der Waals surface area contributed by atoms with E-state index >= 15 is 0 Å². The molecule has 0 spiro atoms. The zero-order chi connectivity index (χ0) is 19.4. The van der Waals surface area contributed by atoms with Crippen molar-refractivity contribution in [2.75, 3.05) is 10.9 Å². The average Bonchev–Trinajstić information content (AvgIpc) is 2.65. The van der Waals surface area contributed by atoms with Crippen molar-refractivity contribution in [2.24, 2.45) is 0 Å². The van der Waals surface area contributed by atoms with Crippen molar-refractivity contribution in [1.29, 1.82) is 0 Å². The molecule has 0 saturated carbocycles. The van der Waals surface area contributed by atoms with E-state index in [1.807, 2.05) is 32.0 Å². The molecule has 1 aromatic heterocycles. The van der Waals surface area contributed by atoms with Crippen LogP contribution in [-0.2, 0) is 0 Å². The Balaban J connectivity index is 1.90. The number of halogens is 1. The first kappa shape index (κ1) is 18.4. The van der Waals surface area contributed by atoms with Crippen LogP contribution in [0.2, 0.25) is 5.02 Å². The highest BCUT2D eigenvalue weighted by molar-refractivity contribution is 6.32. The van der Waals surface area contributed by atoms with E-state index in [9.17, 15) is 10.1 Å².